The van der Waals surface area contributed by atoms with E-state index in [1.807, 2.05) is 36.7 Å². The lowest BCUT2D eigenvalue weighted by molar-refractivity contribution is 0.00671. The number of hydrogen-bond donors (Lipinski definition) is 2. The molecule has 1 fully saturated rings. The quantitative estimate of drug-likeness (QED) is 0.475. The topological polar surface area (TPSA) is 98.9 Å². The summed E-state index contributed by atoms with van der Waals surface area (Å²) >= 11 is 0. The van der Waals surface area contributed by atoms with Gasteiger partial charge in [-0.2, -0.15) is 4.98 Å². The van der Waals surface area contributed by atoms with Gasteiger partial charge >= 0.3 is 0 Å². The molecule has 0 bridgehead atoms. The molecule has 9 nitrogen and oxygen atoms in total. The second-order valence-electron chi connectivity index (χ2n) is 9.19. The van der Waals surface area contributed by atoms with Crippen LogP contribution in [0.2, 0.25) is 0 Å². The molecular formula is C25H27N7O2. The van der Waals surface area contributed by atoms with Gasteiger partial charge in [-0.05, 0) is 62.2 Å². The lowest BCUT2D eigenvalue weighted by atomic mass is 10.0. The maximum absolute atomic E-state index is 13.3. The van der Waals surface area contributed by atoms with Crippen LogP contribution >= 0.6 is 0 Å². The van der Waals surface area contributed by atoms with E-state index in [0.29, 0.717) is 30.2 Å². The molecule has 174 valence electrons. The van der Waals surface area contributed by atoms with Crippen molar-refractivity contribution < 1.29 is 4.74 Å². The Kier molecular flexibility index (Phi) is 5.15. The Hall–Kier alpha value is -3.56. The van der Waals surface area contributed by atoms with Crippen molar-refractivity contribution in [3.63, 3.8) is 0 Å². The summed E-state index contributed by atoms with van der Waals surface area (Å²) in [7, 11) is 0. The monoisotopic (exact) mass is 457 g/mol. The molecule has 1 aromatic carbocycles. The zero-order chi connectivity index (χ0) is 23.2. The van der Waals surface area contributed by atoms with Crippen LogP contribution in [0.25, 0.3) is 16.7 Å². The fourth-order valence-corrected chi connectivity index (χ4v) is 4.66. The van der Waals surface area contributed by atoms with Crippen molar-refractivity contribution >= 4 is 22.7 Å². The second-order valence-corrected chi connectivity index (χ2v) is 9.19. The lowest BCUT2D eigenvalue weighted by Gasteiger charge is -2.26. The van der Waals surface area contributed by atoms with Gasteiger partial charge in [0.25, 0.3) is 5.56 Å². The van der Waals surface area contributed by atoms with Gasteiger partial charge in [-0.1, -0.05) is 6.07 Å². The first kappa shape index (κ1) is 21.0. The number of aromatic nitrogens is 5. The summed E-state index contributed by atoms with van der Waals surface area (Å²) in [4.78, 5) is 27.1. The number of nitrogens with one attached hydrogen (secondary N) is 2. The number of hydrogen-bond acceptors (Lipinski definition) is 7. The molecule has 3 aromatic heterocycles. The molecule has 0 aliphatic carbocycles. The van der Waals surface area contributed by atoms with Gasteiger partial charge in [0.15, 0.2) is 5.65 Å². The predicted octanol–water partition coefficient (Wildman–Crippen LogP) is 3.06. The highest BCUT2D eigenvalue weighted by Gasteiger charge is 2.24. The Morgan fingerprint density at radius 1 is 1.15 bits per heavy atom. The van der Waals surface area contributed by atoms with Gasteiger partial charge in [-0.3, -0.25) is 9.78 Å². The molecule has 6 rings (SSSR count). The van der Waals surface area contributed by atoms with Crippen molar-refractivity contribution in [3.05, 3.63) is 69.9 Å². The lowest BCUT2D eigenvalue weighted by Crippen LogP contribution is -2.27. The van der Waals surface area contributed by atoms with Gasteiger partial charge in [0.2, 0.25) is 5.95 Å². The number of pyridine rings is 1. The minimum Gasteiger partial charge on any atom is -0.380 e. The van der Waals surface area contributed by atoms with E-state index >= 15 is 0 Å². The third kappa shape index (κ3) is 3.57. The minimum atomic E-state index is -0.108. The normalized spacial score (nSPS) is 16.0. The Morgan fingerprint density at radius 3 is 2.82 bits per heavy atom. The predicted molar refractivity (Wildman–Crippen MR) is 130 cm³/mol. The first-order valence-electron chi connectivity index (χ1n) is 11.7. The van der Waals surface area contributed by atoms with Crippen molar-refractivity contribution in [2.24, 2.45) is 0 Å². The summed E-state index contributed by atoms with van der Waals surface area (Å²) in [5.41, 5.74) is 5.86. The maximum Gasteiger partial charge on any atom is 0.278 e. The van der Waals surface area contributed by atoms with Crippen molar-refractivity contribution in [2.45, 2.75) is 38.8 Å². The number of nitrogens with zero attached hydrogens (tertiary/aromatic N) is 5. The zero-order valence-corrected chi connectivity index (χ0v) is 19.3. The van der Waals surface area contributed by atoms with Gasteiger partial charge in [-0.25, -0.2) is 14.3 Å². The Balaban J connectivity index is 1.44. The molecule has 2 N–H and O–H groups in total. The van der Waals surface area contributed by atoms with E-state index in [2.05, 4.69) is 32.7 Å². The largest absolute Gasteiger partial charge is 0.380 e. The first-order chi connectivity index (χ1) is 16.6. The molecule has 5 heterocycles. The van der Waals surface area contributed by atoms with Crippen LogP contribution in [0.4, 0.5) is 11.6 Å². The molecule has 2 aliphatic heterocycles. The van der Waals surface area contributed by atoms with Crippen LogP contribution in [0, 0.1) is 0 Å². The van der Waals surface area contributed by atoms with Crippen LogP contribution < -0.4 is 16.2 Å². The first-order valence-corrected chi connectivity index (χ1v) is 11.7. The van der Waals surface area contributed by atoms with Crippen molar-refractivity contribution in [1.29, 1.82) is 0 Å². The summed E-state index contributed by atoms with van der Waals surface area (Å²) in [6.07, 6.45) is 4.40. The number of benzene rings is 1. The maximum atomic E-state index is 13.3. The molecule has 0 radical (unpaired) electrons. The van der Waals surface area contributed by atoms with Gasteiger partial charge in [0.1, 0.15) is 5.39 Å². The molecule has 0 unspecified atom stereocenters. The molecule has 9 heteroatoms. The van der Waals surface area contributed by atoms with E-state index in [1.54, 1.807) is 17.1 Å². The molecule has 0 atom stereocenters. The highest BCUT2D eigenvalue weighted by molar-refractivity contribution is 5.77. The zero-order valence-electron chi connectivity index (χ0n) is 19.3. The summed E-state index contributed by atoms with van der Waals surface area (Å²) in [6, 6.07) is 10.2. The van der Waals surface area contributed by atoms with Crippen LogP contribution in [-0.2, 0) is 17.7 Å². The minimum absolute atomic E-state index is 0.0592. The van der Waals surface area contributed by atoms with E-state index in [0.717, 1.165) is 36.6 Å². The Labute approximate surface area is 196 Å². The number of rotatable bonds is 5. The third-order valence-corrected chi connectivity index (χ3v) is 6.53. The van der Waals surface area contributed by atoms with Crippen LogP contribution in [-0.4, -0.2) is 44.1 Å². The highest BCUT2D eigenvalue weighted by Crippen LogP contribution is 2.26. The Bertz CT molecular complexity index is 1440. The summed E-state index contributed by atoms with van der Waals surface area (Å²) < 4.78 is 8.96. The van der Waals surface area contributed by atoms with Gasteiger partial charge in [0, 0.05) is 36.6 Å². The summed E-state index contributed by atoms with van der Waals surface area (Å²) in [5.74, 6) is 0.741. The van der Waals surface area contributed by atoms with Crippen LogP contribution in [0.3, 0.4) is 0 Å². The van der Waals surface area contributed by atoms with Gasteiger partial charge in [-0.15, -0.1) is 0 Å². The van der Waals surface area contributed by atoms with Gasteiger partial charge < -0.3 is 15.4 Å². The van der Waals surface area contributed by atoms with E-state index in [9.17, 15) is 4.79 Å². The van der Waals surface area contributed by atoms with E-state index in [4.69, 9.17) is 9.72 Å². The third-order valence-electron chi connectivity index (χ3n) is 6.53. The standard InChI is InChI=1S/C25H27N7O2/c1-15(2)31-24(33)21-12-28-25(29-19-4-3-17-11-26-7-5-16(17)9-19)30-23(21)32(31)20-6-8-27-22(10-20)18-13-34-14-18/h3-4,6,8-10,12,15,18,26H,5,7,11,13-14H2,1-2H3,(H,28,29,30). The molecule has 1 saturated heterocycles. The smallest absolute Gasteiger partial charge is 0.278 e. The summed E-state index contributed by atoms with van der Waals surface area (Å²) in [5, 5.41) is 7.22. The molecule has 4 aromatic rings. The molecule has 34 heavy (non-hydrogen) atoms. The highest BCUT2D eigenvalue weighted by atomic mass is 16.5. The van der Waals surface area contributed by atoms with E-state index < -0.39 is 0 Å². The molecular weight excluding hydrogens is 430 g/mol. The second kappa shape index (κ2) is 8.34. The van der Waals surface area contributed by atoms with Gasteiger partial charge in [0.05, 0.1) is 24.6 Å². The van der Waals surface area contributed by atoms with Crippen LogP contribution in [0.15, 0.2) is 47.5 Å². The Morgan fingerprint density at radius 2 is 2.03 bits per heavy atom. The number of fused-ring (bicyclic) bond motifs is 2. The fourth-order valence-electron chi connectivity index (χ4n) is 4.66. The average Bonchev–Trinajstić information content (AvgIpc) is 3.10. The van der Waals surface area contributed by atoms with E-state index in [1.165, 1.54) is 11.1 Å². The SMILES string of the molecule is CC(C)n1c(=O)c2cnc(Nc3ccc4c(c3)CCNC4)nc2n1-c1ccnc(C2COC2)c1. The van der Waals surface area contributed by atoms with Crippen molar-refractivity contribution in [1.82, 2.24) is 29.6 Å². The molecule has 0 amide bonds. The molecule has 0 spiro atoms. The fraction of sp³-hybridized carbons (Fsp3) is 0.360. The summed E-state index contributed by atoms with van der Waals surface area (Å²) in [6.45, 7) is 7.21. The molecule has 2 aliphatic rings. The van der Waals surface area contributed by atoms with Crippen molar-refractivity contribution in [3.8, 4) is 5.69 Å². The van der Waals surface area contributed by atoms with Crippen LogP contribution in [0.5, 0.6) is 0 Å². The number of anilines is 2. The average molecular weight is 458 g/mol. The number of ether oxygens (including phenoxy) is 1. The van der Waals surface area contributed by atoms with Crippen LogP contribution in [0.1, 0.15) is 42.6 Å². The van der Waals surface area contributed by atoms with E-state index in [-0.39, 0.29) is 17.5 Å². The van der Waals surface area contributed by atoms with Crippen molar-refractivity contribution in [2.75, 3.05) is 25.1 Å². The molecule has 0 saturated carbocycles.